The summed E-state index contributed by atoms with van der Waals surface area (Å²) in [6.07, 6.45) is 0. The Morgan fingerprint density at radius 3 is 2.14 bits per heavy atom. The van der Waals surface area contributed by atoms with Crippen LogP contribution < -0.4 is 5.73 Å². The van der Waals surface area contributed by atoms with E-state index in [1.54, 1.807) is 35.2 Å². The van der Waals surface area contributed by atoms with Crippen molar-refractivity contribution in [3.8, 4) is 0 Å². The lowest BCUT2D eigenvalue weighted by atomic mass is 9.83. The monoisotopic (exact) mass is 527 g/mol. The van der Waals surface area contributed by atoms with Crippen LogP contribution in [0.15, 0.2) is 53.4 Å². The van der Waals surface area contributed by atoms with Gasteiger partial charge in [0.05, 0.1) is 4.90 Å². The van der Waals surface area contributed by atoms with Crippen LogP contribution in [-0.4, -0.2) is 49.7 Å². The molecular weight excluding hydrogens is 494 g/mol. The Balaban J connectivity index is 1.56. The smallest absolute Gasteiger partial charge is 0.254 e. The number of hydrogen-bond acceptors (Lipinski definition) is 4. The topological polar surface area (TPSA) is 83.7 Å². The highest BCUT2D eigenvalue weighted by atomic mass is 35.5. The first-order chi connectivity index (χ1) is 17.0. The molecule has 0 unspecified atom stereocenters. The number of benzene rings is 3. The molecule has 0 spiro atoms. The Morgan fingerprint density at radius 1 is 0.889 bits per heavy atom. The summed E-state index contributed by atoms with van der Waals surface area (Å²) >= 11 is 6.10. The van der Waals surface area contributed by atoms with Crippen molar-refractivity contribution in [1.29, 1.82) is 0 Å². The molecule has 0 aliphatic carbocycles. The van der Waals surface area contributed by atoms with E-state index in [0.717, 1.165) is 27.5 Å². The number of nitrogens with two attached hydrogens (primary N) is 1. The summed E-state index contributed by atoms with van der Waals surface area (Å²) in [5.74, 6) is 0.352. The number of carbonyl (C=O) groups is 1. The second-order valence-corrected chi connectivity index (χ2v) is 12.3. The maximum absolute atomic E-state index is 13.6. The first kappa shape index (κ1) is 26.6. The number of hydrogen-bond donors (Lipinski definition) is 1. The normalized spacial score (nSPS) is 15.3. The molecule has 3 aromatic rings. The van der Waals surface area contributed by atoms with Crippen molar-refractivity contribution >= 4 is 38.3 Å². The van der Waals surface area contributed by atoms with Gasteiger partial charge >= 0.3 is 0 Å². The molecule has 6 nitrogen and oxygen atoms in total. The molecule has 36 heavy (non-hydrogen) atoms. The van der Waals surface area contributed by atoms with E-state index in [9.17, 15) is 13.2 Å². The Bertz CT molecular complexity index is 1390. The van der Waals surface area contributed by atoms with Gasteiger partial charge in [-0.25, -0.2) is 8.42 Å². The van der Waals surface area contributed by atoms with Crippen molar-refractivity contribution in [3.63, 3.8) is 0 Å². The van der Waals surface area contributed by atoms with Gasteiger partial charge in [-0.3, -0.25) is 4.79 Å². The van der Waals surface area contributed by atoms with Crippen LogP contribution >= 0.6 is 11.6 Å². The van der Waals surface area contributed by atoms with Gasteiger partial charge in [-0.1, -0.05) is 57.5 Å². The largest absolute Gasteiger partial charge is 0.336 e. The number of nitrogens with zero attached hydrogens (tertiary/aromatic N) is 2. The Hall–Kier alpha value is -2.45. The average molecular weight is 528 g/mol. The van der Waals surface area contributed by atoms with E-state index in [4.69, 9.17) is 17.3 Å². The zero-order valence-electron chi connectivity index (χ0n) is 21.3. The summed E-state index contributed by atoms with van der Waals surface area (Å²) in [7, 11) is -3.69. The lowest BCUT2D eigenvalue weighted by Crippen LogP contribution is -2.50. The molecular formula is C28H34ClN3O3S. The third kappa shape index (κ3) is 5.02. The highest BCUT2D eigenvalue weighted by Gasteiger charge is 2.32. The molecule has 0 atom stereocenters. The fraction of sp³-hybridized carbons (Fsp3) is 0.393. The van der Waals surface area contributed by atoms with Crippen molar-refractivity contribution in [1.82, 2.24) is 9.21 Å². The number of sulfonamides is 1. The number of piperazine rings is 1. The zero-order chi connectivity index (χ0) is 26.2. The molecule has 0 radical (unpaired) electrons. The average Bonchev–Trinajstić information content (AvgIpc) is 2.86. The quantitative estimate of drug-likeness (QED) is 0.468. The van der Waals surface area contributed by atoms with Gasteiger partial charge < -0.3 is 10.6 Å². The van der Waals surface area contributed by atoms with Crippen LogP contribution in [0.3, 0.4) is 0 Å². The van der Waals surface area contributed by atoms with Crippen LogP contribution in [0.1, 0.15) is 66.6 Å². The molecule has 1 saturated heterocycles. The summed E-state index contributed by atoms with van der Waals surface area (Å²) in [6, 6.07) is 14.3. The van der Waals surface area contributed by atoms with E-state index in [1.165, 1.54) is 4.31 Å². The van der Waals surface area contributed by atoms with Crippen LogP contribution in [0.4, 0.5) is 0 Å². The summed E-state index contributed by atoms with van der Waals surface area (Å²) in [5, 5.41) is 2.27. The Labute approximate surface area is 219 Å². The number of rotatable bonds is 6. The van der Waals surface area contributed by atoms with Crippen molar-refractivity contribution in [2.75, 3.05) is 26.2 Å². The highest BCUT2D eigenvalue weighted by molar-refractivity contribution is 7.89. The molecule has 192 valence electrons. The number of halogens is 1. The maximum Gasteiger partial charge on any atom is 0.254 e. The van der Waals surface area contributed by atoms with Gasteiger partial charge in [0, 0.05) is 43.3 Å². The van der Waals surface area contributed by atoms with Crippen LogP contribution in [-0.2, 0) is 16.6 Å². The molecule has 1 aliphatic rings. The Kier molecular flexibility index (Phi) is 7.76. The van der Waals surface area contributed by atoms with Crippen LogP contribution in [0, 0.1) is 0 Å². The summed E-state index contributed by atoms with van der Waals surface area (Å²) in [5.41, 5.74) is 9.95. The van der Waals surface area contributed by atoms with Gasteiger partial charge in [0.15, 0.2) is 0 Å². The van der Waals surface area contributed by atoms with Gasteiger partial charge in [0.25, 0.3) is 5.91 Å². The molecule has 4 rings (SSSR count). The van der Waals surface area contributed by atoms with E-state index < -0.39 is 10.0 Å². The van der Waals surface area contributed by atoms with Crippen molar-refractivity contribution in [2.24, 2.45) is 5.73 Å². The minimum absolute atomic E-state index is 0.0541. The lowest BCUT2D eigenvalue weighted by molar-refractivity contribution is 0.0696. The van der Waals surface area contributed by atoms with Crippen molar-refractivity contribution < 1.29 is 13.2 Å². The van der Waals surface area contributed by atoms with E-state index >= 15 is 0 Å². The third-order valence-corrected chi connectivity index (χ3v) is 9.05. The number of amides is 1. The molecule has 0 aromatic heterocycles. The standard InChI is InChI=1S/C28H34ClN3O3S/c1-18(2)26-21(17-30)7-10-25(27(26)19(3)4)28(33)31-11-13-32(14-12-31)36(34,35)24-9-6-20-5-8-23(29)15-22(20)16-24/h5-10,15-16,18-19H,11-14,17,30H2,1-4H3. The predicted molar refractivity (Wildman–Crippen MR) is 146 cm³/mol. The van der Waals surface area contributed by atoms with Gasteiger partial charge in [0.1, 0.15) is 0 Å². The molecule has 8 heteroatoms. The summed E-state index contributed by atoms with van der Waals surface area (Å²) < 4.78 is 28.2. The molecule has 0 bridgehead atoms. The summed E-state index contributed by atoms with van der Waals surface area (Å²) in [4.78, 5) is 15.6. The van der Waals surface area contributed by atoms with E-state index in [1.807, 2.05) is 18.2 Å². The minimum atomic E-state index is -3.69. The fourth-order valence-corrected chi connectivity index (χ4v) is 6.80. The van der Waals surface area contributed by atoms with Gasteiger partial charge in [-0.05, 0) is 69.6 Å². The predicted octanol–water partition coefficient (Wildman–Crippen LogP) is 5.35. The molecule has 0 saturated carbocycles. The molecule has 1 fully saturated rings. The van der Waals surface area contributed by atoms with Crippen molar-refractivity contribution in [3.05, 3.63) is 75.8 Å². The van der Waals surface area contributed by atoms with Gasteiger partial charge in [-0.2, -0.15) is 4.31 Å². The molecule has 2 N–H and O–H groups in total. The van der Waals surface area contributed by atoms with Crippen LogP contribution in [0.25, 0.3) is 10.8 Å². The minimum Gasteiger partial charge on any atom is -0.336 e. The SMILES string of the molecule is CC(C)c1c(CN)ccc(C(=O)N2CCN(S(=O)(=O)c3ccc4ccc(Cl)cc4c3)CC2)c1C(C)C. The Morgan fingerprint density at radius 2 is 1.53 bits per heavy atom. The van der Waals surface area contributed by atoms with E-state index in [2.05, 4.69) is 27.7 Å². The third-order valence-electron chi connectivity index (χ3n) is 6.92. The molecule has 3 aromatic carbocycles. The van der Waals surface area contributed by atoms with Gasteiger partial charge in [0.2, 0.25) is 10.0 Å². The maximum atomic E-state index is 13.6. The first-order valence-corrected chi connectivity index (χ1v) is 14.2. The molecule has 1 aliphatic heterocycles. The molecule has 1 heterocycles. The van der Waals surface area contributed by atoms with Crippen molar-refractivity contribution in [2.45, 2.75) is 51.0 Å². The number of fused-ring (bicyclic) bond motifs is 1. The summed E-state index contributed by atoms with van der Waals surface area (Å²) in [6.45, 7) is 10.0. The van der Waals surface area contributed by atoms with Crippen LogP contribution in [0.5, 0.6) is 0 Å². The fourth-order valence-electron chi connectivity index (χ4n) is 5.16. The van der Waals surface area contributed by atoms with E-state index in [0.29, 0.717) is 30.2 Å². The highest BCUT2D eigenvalue weighted by Crippen LogP contribution is 2.33. The van der Waals surface area contributed by atoms with E-state index in [-0.39, 0.29) is 35.7 Å². The number of carbonyl (C=O) groups excluding carboxylic acids is 1. The first-order valence-electron chi connectivity index (χ1n) is 12.4. The zero-order valence-corrected chi connectivity index (χ0v) is 22.9. The second kappa shape index (κ2) is 10.5. The molecule has 1 amide bonds. The second-order valence-electron chi connectivity index (χ2n) is 9.96. The van der Waals surface area contributed by atoms with Gasteiger partial charge in [-0.15, -0.1) is 0 Å². The van der Waals surface area contributed by atoms with Crippen LogP contribution in [0.2, 0.25) is 5.02 Å². The lowest BCUT2D eigenvalue weighted by Gasteiger charge is -2.35.